The van der Waals surface area contributed by atoms with E-state index in [-0.39, 0.29) is 29.1 Å². The van der Waals surface area contributed by atoms with E-state index in [0.29, 0.717) is 21.9 Å². The predicted molar refractivity (Wildman–Crippen MR) is 103 cm³/mol. The summed E-state index contributed by atoms with van der Waals surface area (Å²) in [6.07, 6.45) is 0. The van der Waals surface area contributed by atoms with Crippen LogP contribution < -0.4 is 11.2 Å². The minimum Gasteiger partial charge on any atom is -0.369 e. The van der Waals surface area contributed by atoms with Gasteiger partial charge in [0, 0.05) is 35.3 Å². The summed E-state index contributed by atoms with van der Waals surface area (Å²) in [7, 11) is 1.51. The zero-order valence-electron chi connectivity index (χ0n) is 12.9. The van der Waals surface area contributed by atoms with Gasteiger partial charge in [-0.2, -0.15) is 5.10 Å². The number of hydrazone groups is 1. The molecule has 0 radical (unpaired) electrons. The van der Waals surface area contributed by atoms with Crippen molar-refractivity contribution in [2.75, 3.05) is 7.05 Å². The fourth-order valence-electron chi connectivity index (χ4n) is 1.86. The van der Waals surface area contributed by atoms with Crippen LogP contribution in [0.5, 0.6) is 0 Å². The van der Waals surface area contributed by atoms with E-state index in [0.717, 1.165) is 0 Å². The molecule has 0 atom stereocenters. The third kappa shape index (κ3) is 5.32. The Morgan fingerprint density at radius 1 is 1.20 bits per heavy atom. The van der Waals surface area contributed by atoms with E-state index in [1.54, 1.807) is 24.3 Å². The van der Waals surface area contributed by atoms with Gasteiger partial charge < -0.3 is 5.73 Å². The number of aliphatic imine (C=N–C) groups is 1. The third-order valence-corrected chi connectivity index (χ3v) is 3.62. The van der Waals surface area contributed by atoms with Crippen molar-refractivity contribution < 1.29 is 4.92 Å². The van der Waals surface area contributed by atoms with Crippen LogP contribution in [0, 0.1) is 10.1 Å². The Morgan fingerprint density at radius 3 is 2.36 bits per heavy atom. The lowest BCUT2D eigenvalue weighted by Crippen LogP contribution is -2.28. The van der Waals surface area contributed by atoms with Gasteiger partial charge in [-0.15, -0.1) is 12.4 Å². The highest BCUT2D eigenvalue weighted by Gasteiger charge is 2.15. The summed E-state index contributed by atoms with van der Waals surface area (Å²) >= 11 is 12.1. The van der Waals surface area contributed by atoms with Gasteiger partial charge in [0.2, 0.25) is 5.96 Å². The van der Waals surface area contributed by atoms with Gasteiger partial charge in [0.15, 0.2) is 0 Å². The van der Waals surface area contributed by atoms with Crippen molar-refractivity contribution in [3.63, 3.8) is 0 Å². The van der Waals surface area contributed by atoms with Gasteiger partial charge in [0.05, 0.1) is 15.7 Å². The van der Waals surface area contributed by atoms with E-state index in [2.05, 4.69) is 15.5 Å². The first-order chi connectivity index (χ1) is 11.4. The molecule has 0 aromatic heterocycles. The van der Waals surface area contributed by atoms with Crippen LogP contribution in [0.4, 0.5) is 5.69 Å². The average Bonchev–Trinajstić information content (AvgIpc) is 2.57. The number of nitro benzene ring substituents is 1. The van der Waals surface area contributed by atoms with Gasteiger partial charge in [-0.1, -0.05) is 35.3 Å². The number of rotatable bonds is 4. The Kier molecular flexibility index (Phi) is 7.63. The van der Waals surface area contributed by atoms with Crippen molar-refractivity contribution in [1.29, 1.82) is 0 Å². The number of non-ortho nitro benzene ring substituents is 1. The van der Waals surface area contributed by atoms with E-state index < -0.39 is 4.92 Å². The maximum absolute atomic E-state index is 10.9. The summed E-state index contributed by atoms with van der Waals surface area (Å²) in [6.45, 7) is 0. The normalized spacial score (nSPS) is 11.6. The van der Waals surface area contributed by atoms with Crippen LogP contribution in [0.15, 0.2) is 52.6 Å². The number of hydrogen-bond acceptors (Lipinski definition) is 4. The summed E-state index contributed by atoms with van der Waals surface area (Å²) in [5.41, 5.74) is 9.73. The van der Waals surface area contributed by atoms with Crippen LogP contribution >= 0.6 is 35.6 Å². The lowest BCUT2D eigenvalue weighted by atomic mass is 10.0. The van der Waals surface area contributed by atoms with E-state index in [9.17, 15) is 10.1 Å². The quantitative estimate of drug-likeness (QED) is 0.352. The molecule has 2 aromatic rings. The van der Waals surface area contributed by atoms with Crippen LogP contribution in [0.25, 0.3) is 0 Å². The average molecular weight is 403 g/mol. The molecule has 0 unspecified atom stereocenters. The number of nitrogens with two attached hydrogens (primary N) is 1. The smallest absolute Gasteiger partial charge is 0.270 e. The van der Waals surface area contributed by atoms with Gasteiger partial charge in [0.25, 0.3) is 5.69 Å². The molecule has 0 saturated carbocycles. The van der Waals surface area contributed by atoms with E-state index >= 15 is 0 Å². The van der Waals surface area contributed by atoms with Crippen molar-refractivity contribution in [3.05, 3.63) is 73.8 Å². The molecule has 0 aliphatic carbocycles. The zero-order chi connectivity index (χ0) is 17.7. The molecule has 0 heterocycles. The predicted octanol–water partition coefficient (Wildman–Crippen LogP) is 3.61. The molecule has 25 heavy (non-hydrogen) atoms. The highest BCUT2D eigenvalue weighted by atomic mass is 35.5. The Hall–Kier alpha value is -2.35. The van der Waals surface area contributed by atoms with Gasteiger partial charge in [-0.05, 0) is 18.2 Å². The van der Waals surface area contributed by atoms with Crippen molar-refractivity contribution in [3.8, 4) is 0 Å². The van der Waals surface area contributed by atoms with E-state index in [1.165, 1.54) is 25.2 Å². The van der Waals surface area contributed by atoms with Crippen LogP contribution in [0.3, 0.4) is 0 Å². The summed E-state index contributed by atoms with van der Waals surface area (Å²) in [6, 6.07) is 11.0. The summed E-state index contributed by atoms with van der Waals surface area (Å²) in [4.78, 5) is 14.1. The number of halogens is 3. The molecule has 0 bridgehead atoms. The zero-order valence-corrected chi connectivity index (χ0v) is 15.3. The first kappa shape index (κ1) is 20.7. The Morgan fingerprint density at radius 2 is 1.84 bits per heavy atom. The molecule has 132 valence electrons. The lowest BCUT2D eigenvalue weighted by molar-refractivity contribution is -0.384. The number of nitro groups is 1. The van der Waals surface area contributed by atoms with E-state index in [1.807, 2.05) is 0 Å². The summed E-state index contributed by atoms with van der Waals surface area (Å²) in [5, 5.41) is 15.8. The SMILES string of the molecule is CN=C(N)NN=C(c1ccc(Cl)cc1)c1ccc([N+](=O)[O-])cc1Cl.Cl. The topological polar surface area (TPSA) is 106 Å². The fraction of sp³-hybridized carbons (Fsp3) is 0.0667. The number of guanidine groups is 1. The molecule has 3 N–H and O–H groups in total. The monoisotopic (exact) mass is 401 g/mol. The van der Waals surface area contributed by atoms with Crippen LogP contribution in [0.2, 0.25) is 10.0 Å². The maximum Gasteiger partial charge on any atom is 0.270 e. The highest BCUT2D eigenvalue weighted by molar-refractivity contribution is 6.36. The van der Waals surface area contributed by atoms with Crippen LogP contribution in [-0.4, -0.2) is 23.6 Å². The van der Waals surface area contributed by atoms with Crippen molar-refractivity contribution in [2.45, 2.75) is 0 Å². The van der Waals surface area contributed by atoms with Gasteiger partial charge in [-0.25, -0.2) is 5.43 Å². The molecule has 10 heteroatoms. The Bertz CT molecular complexity index is 822. The van der Waals surface area contributed by atoms with Gasteiger partial charge >= 0.3 is 0 Å². The molecule has 2 rings (SSSR count). The molecule has 2 aromatic carbocycles. The molecule has 0 aliphatic heterocycles. The van der Waals surface area contributed by atoms with Crippen LogP contribution in [-0.2, 0) is 0 Å². The first-order valence-corrected chi connectivity index (χ1v) is 7.44. The molecule has 0 spiro atoms. The molecule has 0 aliphatic rings. The van der Waals surface area contributed by atoms with Crippen LogP contribution in [0.1, 0.15) is 11.1 Å². The summed E-state index contributed by atoms with van der Waals surface area (Å²) < 4.78 is 0. The molecule has 0 amide bonds. The Labute approximate surface area is 160 Å². The first-order valence-electron chi connectivity index (χ1n) is 6.68. The van der Waals surface area contributed by atoms with Crippen molar-refractivity contribution in [1.82, 2.24) is 5.43 Å². The minimum atomic E-state index is -0.519. The van der Waals surface area contributed by atoms with Crippen molar-refractivity contribution >= 4 is 53.0 Å². The number of nitrogens with zero attached hydrogens (tertiary/aromatic N) is 3. The van der Waals surface area contributed by atoms with Gasteiger partial charge in [0.1, 0.15) is 0 Å². The third-order valence-electron chi connectivity index (χ3n) is 3.06. The summed E-state index contributed by atoms with van der Waals surface area (Å²) in [5.74, 6) is 0.111. The van der Waals surface area contributed by atoms with E-state index in [4.69, 9.17) is 28.9 Å². The molecule has 0 saturated heterocycles. The molecular formula is C15H14Cl3N5O2. The largest absolute Gasteiger partial charge is 0.369 e. The van der Waals surface area contributed by atoms with Crippen molar-refractivity contribution in [2.24, 2.45) is 15.8 Å². The molecular weight excluding hydrogens is 389 g/mol. The molecule has 7 nitrogen and oxygen atoms in total. The maximum atomic E-state index is 10.9. The lowest BCUT2D eigenvalue weighted by Gasteiger charge is -2.10. The number of hydrogen-bond donors (Lipinski definition) is 2. The minimum absolute atomic E-state index is 0. The second kappa shape index (κ2) is 9.22. The fourth-order valence-corrected chi connectivity index (χ4v) is 2.25. The van der Waals surface area contributed by atoms with Gasteiger partial charge in [-0.3, -0.25) is 15.1 Å². The number of benzene rings is 2. The second-order valence-electron chi connectivity index (χ2n) is 4.61. The number of nitrogens with one attached hydrogen (secondary N) is 1. The standard InChI is InChI=1S/C15H13Cl2N5O2.ClH/c1-19-15(18)21-20-14(9-2-4-10(16)5-3-9)12-7-6-11(22(23)24)8-13(12)17;/h2-8H,1H3,(H3,18,19,21);1H. The Balaban J connectivity index is 0.00000312. The second-order valence-corrected chi connectivity index (χ2v) is 5.45. The molecule has 0 fully saturated rings. The highest BCUT2D eigenvalue weighted by Crippen LogP contribution is 2.25.